The summed E-state index contributed by atoms with van der Waals surface area (Å²) >= 11 is 0. The van der Waals surface area contributed by atoms with E-state index in [0.717, 1.165) is 24.8 Å². The molecule has 3 nitrogen and oxygen atoms in total. The molecule has 4 heteroatoms. The SMILES string of the molecule is CC(C)(CO)S(=O)(=O)c1ccc2c(c1)CCC2. The highest BCUT2D eigenvalue weighted by Crippen LogP contribution is 2.29. The highest BCUT2D eigenvalue weighted by Gasteiger charge is 2.35. The summed E-state index contributed by atoms with van der Waals surface area (Å²) in [5.74, 6) is 0. The number of sulfone groups is 1. The van der Waals surface area contributed by atoms with Crippen LogP contribution in [0.3, 0.4) is 0 Å². The number of fused-ring (bicyclic) bond motifs is 1. The van der Waals surface area contributed by atoms with Crippen molar-refractivity contribution in [3.8, 4) is 0 Å². The average molecular weight is 254 g/mol. The minimum absolute atomic E-state index is 0.331. The van der Waals surface area contributed by atoms with Gasteiger partial charge in [-0.15, -0.1) is 0 Å². The van der Waals surface area contributed by atoms with Crippen molar-refractivity contribution in [2.75, 3.05) is 6.61 Å². The molecule has 2 rings (SSSR count). The molecule has 0 aliphatic heterocycles. The zero-order valence-corrected chi connectivity index (χ0v) is 11.0. The molecule has 0 heterocycles. The van der Waals surface area contributed by atoms with E-state index >= 15 is 0 Å². The van der Waals surface area contributed by atoms with E-state index in [4.69, 9.17) is 0 Å². The predicted molar refractivity (Wildman–Crippen MR) is 66.8 cm³/mol. The number of benzene rings is 1. The maximum Gasteiger partial charge on any atom is 0.185 e. The Morgan fingerprint density at radius 2 is 1.88 bits per heavy atom. The Balaban J connectivity index is 2.48. The van der Waals surface area contributed by atoms with Gasteiger partial charge in [-0.1, -0.05) is 6.07 Å². The van der Waals surface area contributed by atoms with Gasteiger partial charge in [0.1, 0.15) is 0 Å². The number of hydrogen-bond donors (Lipinski definition) is 1. The van der Waals surface area contributed by atoms with Crippen LogP contribution in [0.25, 0.3) is 0 Å². The smallest absolute Gasteiger partial charge is 0.185 e. The van der Waals surface area contributed by atoms with Gasteiger partial charge in [0.05, 0.1) is 16.2 Å². The van der Waals surface area contributed by atoms with Gasteiger partial charge in [0.25, 0.3) is 0 Å². The van der Waals surface area contributed by atoms with Crippen LogP contribution in [0.2, 0.25) is 0 Å². The lowest BCUT2D eigenvalue weighted by molar-refractivity contribution is 0.258. The second-order valence-corrected chi connectivity index (χ2v) is 7.79. The molecule has 0 saturated heterocycles. The molecule has 17 heavy (non-hydrogen) atoms. The van der Waals surface area contributed by atoms with Gasteiger partial charge < -0.3 is 5.11 Å². The zero-order valence-electron chi connectivity index (χ0n) is 10.2. The van der Waals surface area contributed by atoms with Crippen molar-refractivity contribution in [2.24, 2.45) is 0 Å². The van der Waals surface area contributed by atoms with E-state index in [0.29, 0.717) is 4.90 Å². The lowest BCUT2D eigenvalue weighted by atomic mass is 10.1. The number of aliphatic hydroxyl groups excluding tert-OH is 1. The first kappa shape index (κ1) is 12.6. The summed E-state index contributed by atoms with van der Waals surface area (Å²) in [4.78, 5) is 0.331. The summed E-state index contributed by atoms with van der Waals surface area (Å²) in [6.07, 6.45) is 3.10. The Kier molecular flexibility index (Phi) is 3.04. The van der Waals surface area contributed by atoms with Crippen molar-refractivity contribution in [3.63, 3.8) is 0 Å². The quantitative estimate of drug-likeness (QED) is 0.893. The van der Waals surface area contributed by atoms with Gasteiger partial charge in [0.2, 0.25) is 0 Å². The zero-order chi connectivity index (χ0) is 12.7. The molecule has 1 aliphatic rings. The van der Waals surface area contributed by atoms with Crippen LogP contribution >= 0.6 is 0 Å². The molecule has 1 aromatic rings. The maximum atomic E-state index is 12.3. The largest absolute Gasteiger partial charge is 0.395 e. The van der Waals surface area contributed by atoms with Crippen LogP contribution in [-0.4, -0.2) is 24.9 Å². The topological polar surface area (TPSA) is 54.4 Å². The maximum absolute atomic E-state index is 12.3. The monoisotopic (exact) mass is 254 g/mol. The molecule has 1 N–H and O–H groups in total. The fourth-order valence-corrected chi connectivity index (χ4v) is 3.47. The van der Waals surface area contributed by atoms with Crippen molar-refractivity contribution in [3.05, 3.63) is 29.3 Å². The van der Waals surface area contributed by atoms with E-state index < -0.39 is 14.6 Å². The highest BCUT2D eigenvalue weighted by atomic mass is 32.2. The van der Waals surface area contributed by atoms with Crippen LogP contribution in [-0.2, 0) is 22.7 Å². The molecule has 0 unspecified atom stereocenters. The van der Waals surface area contributed by atoms with Crippen molar-refractivity contribution in [1.82, 2.24) is 0 Å². The molecule has 0 atom stereocenters. The predicted octanol–water partition coefficient (Wildman–Crippen LogP) is 1.72. The Labute approximate surface area is 102 Å². The molecule has 0 aromatic heterocycles. The lowest BCUT2D eigenvalue weighted by Crippen LogP contribution is -2.35. The van der Waals surface area contributed by atoms with Crippen LogP contribution in [0.5, 0.6) is 0 Å². The summed E-state index contributed by atoms with van der Waals surface area (Å²) in [6, 6.07) is 5.34. The van der Waals surface area contributed by atoms with E-state index in [9.17, 15) is 13.5 Å². The Bertz CT molecular complexity index is 530. The van der Waals surface area contributed by atoms with Crippen molar-refractivity contribution >= 4 is 9.84 Å². The minimum Gasteiger partial charge on any atom is -0.395 e. The van der Waals surface area contributed by atoms with Crippen molar-refractivity contribution in [1.29, 1.82) is 0 Å². The summed E-state index contributed by atoms with van der Waals surface area (Å²) in [5, 5.41) is 9.21. The van der Waals surface area contributed by atoms with Gasteiger partial charge in [-0.05, 0) is 56.4 Å². The van der Waals surface area contributed by atoms with Gasteiger partial charge in [-0.2, -0.15) is 0 Å². The summed E-state index contributed by atoms with van der Waals surface area (Å²) in [6.45, 7) is 2.73. The van der Waals surface area contributed by atoms with Crippen molar-refractivity contribution < 1.29 is 13.5 Å². The van der Waals surface area contributed by atoms with Crippen LogP contribution in [0.4, 0.5) is 0 Å². The van der Waals surface area contributed by atoms with E-state index in [2.05, 4.69) is 0 Å². The Morgan fingerprint density at radius 3 is 2.53 bits per heavy atom. The standard InChI is InChI=1S/C13H18O3S/c1-13(2,9-14)17(15,16)12-7-6-10-4-3-5-11(10)8-12/h6-8,14H,3-5,9H2,1-2H3. The average Bonchev–Trinajstić information content (AvgIpc) is 2.75. The first-order valence-corrected chi connectivity index (χ1v) is 7.34. The van der Waals surface area contributed by atoms with E-state index in [-0.39, 0.29) is 6.61 Å². The summed E-state index contributed by atoms with van der Waals surface area (Å²) < 4.78 is 23.5. The molecule has 0 saturated carbocycles. The molecule has 0 bridgehead atoms. The summed E-state index contributed by atoms with van der Waals surface area (Å²) in [7, 11) is -3.46. The molecular weight excluding hydrogens is 236 g/mol. The lowest BCUT2D eigenvalue weighted by Gasteiger charge is -2.22. The first-order chi connectivity index (χ1) is 7.88. The molecule has 94 valence electrons. The third-order valence-corrected chi connectivity index (χ3v) is 5.95. The number of aryl methyl sites for hydroxylation is 2. The van der Waals surface area contributed by atoms with Gasteiger partial charge in [0.15, 0.2) is 9.84 Å². The van der Waals surface area contributed by atoms with E-state index in [1.807, 2.05) is 6.07 Å². The molecular formula is C13H18O3S. The Morgan fingerprint density at radius 1 is 1.24 bits per heavy atom. The second kappa shape index (κ2) is 4.10. The Hall–Kier alpha value is -0.870. The third kappa shape index (κ3) is 2.00. The highest BCUT2D eigenvalue weighted by molar-refractivity contribution is 7.92. The first-order valence-electron chi connectivity index (χ1n) is 5.86. The van der Waals surface area contributed by atoms with Crippen LogP contribution in [0.15, 0.2) is 23.1 Å². The van der Waals surface area contributed by atoms with E-state index in [1.54, 1.807) is 26.0 Å². The molecule has 0 amide bonds. The third-order valence-electron chi connectivity index (χ3n) is 3.49. The van der Waals surface area contributed by atoms with E-state index in [1.165, 1.54) is 5.56 Å². The molecule has 1 aliphatic carbocycles. The van der Waals surface area contributed by atoms with Crippen molar-refractivity contribution in [2.45, 2.75) is 42.8 Å². The number of hydrogen-bond acceptors (Lipinski definition) is 3. The molecule has 1 aromatic carbocycles. The fraction of sp³-hybridized carbons (Fsp3) is 0.538. The molecule has 0 radical (unpaired) electrons. The van der Waals surface area contributed by atoms with Crippen LogP contribution in [0.1, 0.15) is 31.4 Å². The van der Waals surface area contributed by atoms with Gasteiger partial charge in [-0.3, -0.25) is 0 Å². The van der Waals surface area contributed by atoms with Crippen LogP contribution < -0.4 is 0 Å². The number of aliphatic hydroxyl groups is 1. The minimum atomic E-state index is -3.46. The van der Waals surface area contributed by atoms with Gasteiger partial charge in [-0.25, -0.2) is 8.42 Å². The number of rotatable bonds is 3. The fourth-order valence-electron chi connectivity index (χ4n) is 2.12. The second-order valence-electron chi connectivity index (χ2n) is 5.21. The molecule has 0 spiro atoms. The van der Waals surface area contributed by atoms with Gasteiger partial charge >= 0.3 is 0 Å². The summed E-state index contributed by atoms with van der Waals surface area (Å²) in [5.41, 5.74) is 2.39. The molecule has 0 fully saturated rings. The normalized spacial score (nSPS) is 15.9. The van der Waals surface area contributed by atoms with Gasteiger partial charge in [0, 0.05) is 0 Å². The van der Waals surface area contributed by atoms with Crippen LogP contribution in [0, 0.1) is 0 Å².